The summed E-state index contributed by atoms with van der Waals surface area (Å²) in [5.41, 5.74) is 0.883. The van der Waals surface area contributed by atoms with Gasteiger partial charge in [0.2, 0.25) is 0 Å². The summed E-state index contributed by atoms with van der Waals surface area (Å²) in [4.78, 5) is 2.73. The van der Waals surface area contributed by atoms with Gasteiger partial charge in [0.05, 0.1) is 16.3 Å². The Kier molecular flexibility index (Phi) is 5.65. The van der Waals surface area contributed by atoms with Crippen molar-refractivity contribution in [3.63, 3.8) is 0 Å². The Morgan fingerprint density at radius 2 is 1.90 bits per heavy atom. The van der Waals surface area contributed by atoms with Crippen LogP contribution in [0.2, 0.25) is 0 Å². The lowest BCUT2D eigenvalue weighted by Gasteiger charge is -2.34. The number of para-hydroxylation sites is 1. The summed E-state index contributed by atoms with van der Waals surface area (Å²) in [6, 6.07) is 7.45. The Labute approximate surface area is 128 Å². The number of nitrogens with one attached hydrogen (secondary N) is 1. The van der Waals surface area contributed by atoms with Crippen LogP contribution in [0.3, 0.4) is 0 Å². The zero-order valence-electron chi connectivity index (χ0n) is 13.0. The summed E-state index contributed by atoms with van der Waals surface area (Å²) < 4.78 is 24.9. The van der Waals surface area contributed by atoms with Crippen LogP contribution in [-0.2, 0) is 9.84 Å². The molecule has 1 aliphatic heterocycles. The van der Waals surface area contributed by atoms with Crippen LogP contribution < -0.4 is 10.2 Å². The van der Waals surface area contributed by atoms with E-state index >= 15 is 0 Å². The highest BCUT2D eigenvalue weighted by Crippen LogP contribution is 2.29. The van der Waals surface area contributed by atoms with Gasteiger partial charge in [0.1, 0.15) is 0 Å². The van der Waals surface area contributed by atoms with Crippen LogP contribution in [-0.4, -0.2) is 40.9 Å². The van der Waals surface area contributed by atoms with Gasteiger partial charge in [-0.1, -0.05) is 19.1 Å². The third kappa shape index (κ3) is 3.98. The van der Waals surface area contributed by atoms with Gasteiger partial charge in [0.25, 0.3) is 0 Å². The Morgan fingerprint density at radius 1 is 1.24 bits per heavy atom. The van der Waals surface area contributed by atoms with Crippen LogP contribution in [0.15, 0.2) is 29.2 Å². The Hall–Kier alpha value is -1.07. The molecule has 0 amide bonds. The first kappa shape index (κ1) is 16.3. The fourth-order valence-electron chi connectivity index (χ4n) is 3.03. The predicted molar refractivity (Wildman–Crippen MR) is 87.6 cm³/mol. The van der Waals surface area contributed by atoms with E-state index in [9.17, 15) is 8.42 Å². The first-order valence-electron chi connectivity index (χ1n) is 7.79. The van der Waals surface area contributed by atoms with Crippen LogP contribution in [0.4, 0.5) is 5.69 Å². The van der Waals surface area contributed by atoms with Gasteiger partial charge in [-0.3, -0.25) is 0 Å². The molecule has 0 unspecified atom stereocenters. The lowest BCUT2D eigenvalue weighted by molar-refractivity contribution is 0.392. The molecule has 1 N–H and O–H groups in total. The molecule has 5 heteroatoms. The van der Waals surface area contributed by atoms with E-state index in [0.717, 1.165) is 38.2 Å². The zero-order valence-corrected chi connectivity index (χ0v) is 13.8. The summed E-state index contributed by atoms with van der Waals surface area (Å²) >= 11 is 0. The largest absolute Gasteiger partial charge is 0.370 e. The molecule has 0 aliphatic carbocycles. The number of nitrogens with zero attached hydrogens (tertiary/aromatic N) is 1. The third-order valence-corrected chi connectivity index (χ3v) is 6.08. The van der Waals surface area contributed by atoms with Gasteiger partial charge >= 0.3 is 0 Å². The molecule has 0 bridgehead atoms. The molecule has 0 aromatic heterocycles. The molecule has 1 aliphatic rings. The minimum absolute atomic E-state index is 0.222. The first-order valence-corrected chi connectivity index (χ1v) is 9.45. The van der Waals surface area contributed by atoms with Crippen molar-refractivity contribution >= 4 is 15.5 Å². The standard InChI is InChI=1S/C16H26N2O2S/c1-3-12-21(19,20)16-7-5-4-6-15(16)18-10-8-14(9-11-18)13-17-2/h4-7,14,17H,3,8-13H2,1-2H3. The second-order valence-corrected chi connectivity index (χ2v) is 7.85. The highest BCUT2D eigenvalue weighted by atomic mass is 32.2. The van der Waals surface area contributed by atoms with E-state index < -0.39 is 9.84 Å². The molecular formula is C16H26N2O2S. The molecule has 0 spiro atoms. The molecule has 0 atom stereocenters. The van der Waals surface area contributed by atoms with E-state index in [-0.39, 0.29) is 5.75 Å². The van der Waals surface area contributed by atoms with Gasteiger partial charge in [-0.15, -0.1) is 0 Å². The van der Waals surface area contributed by atoms with Gasteiger partial charge in [-0.25, -0.2) is 8.42 Å². The summed E-state index contributed by atoms with van der Waals surface area (Å²) in [6.07, 6.45) is 2.88. The molecule has 0 radical (unpaired) electrons. The van der Waals surface area contributed by atoms with Crippen LogP contribution in [0.25, 0.3) is 0 Å². The second-order valence-electron chi connectivity index (χ2n) is 5.77. The third-order valence-electron chi connectivity index (χ3n) is 4.12. The van der Waals surface area contributed by atoms with Crippen molar-refractivity contribution in [3.05, 3.63) is 24.3 Å². The maximum Gasteiger partial charge on any atom is 0.180 e. The van der Waals surface area contributed by atoms with E-state index in [1.165, 1.54) is 0 Å². The minimum Gasteiger partial charge on any atom is -0.370 e. The van der Waals surface area contributed by atoms with Gasteiger partial charge in [0.15, 0.2) is 9.84 Å². The van der Waals surface area contributed by atoms with Crippen LogP contribution in [0, 0.1) is 5.92 Å². The average Bonchev–Trinajstić information content (AvgIpc) is 2.48. The molecular weight excluding hydrogens is 284 g/mol. The molecule has 1 heterocycles. The van der Waals surface area contributed by atoms with E-state index in [2.05, 4.69) is 10.2 Å². The fraction of sp³-hybridized carbons (Fsp3) is 0.625. The molecule has 2 rings (SSSR count). The normalized spacial score (nSPS) is 17.1. The number of sulfone groups is 1. The number of rotatable bonds is 6. The molecule has 1 fully saturated rings. The summed E-state index contributed by atoms with van der Waals surface area (Å²) in [7, 11) is -1.18. The van der Waals surface area contributed by atoms with Gasteiger partial charge in [0, 0.05) is 13.1 Å². The van der Waals surface area contributed by atoms with E-state index in [1.807, 2.05) is 32.2 Å². The number of anilines is 1. The van der Waals surface area contributed by atoms with Gasteiger partial charge in [-0.2, -0.15) is 0 Å². The Bertz CT molecular complexity index is 549. The zero-order chi connectivity index (χ0) is 15.3. The lowest BCUT2D eigenvalue weighted by Crippen LogP contribution is -2.37. The maximum absolute atomic E-state index is 12.4. The van der Waals surface area contributed by atoms with E-state index in [4.69, 9.17) is 0 Å². The van der Waals surface area contributed by atoms with E-state index in [1.54, 1.807) is 6.07 Å². The molecule has 1 saturated heterocycles. The van der Waals surface area contributed by atoms with Gasteiger partial charge in [-0.05, 0) is 50.9 Å². The van der Waals surface area contributed by atoms with Crippen molar-refractivity contribution in [3.8, 4) is 0 Å². The van der Waals surface area contributed by atoms with Crippen molar-refractivity contribution in [1.82, 2.24) is 5.32 Å². The highest BCUT2D eigenvalue weighted by molar-refractivity contribution is 7.91. The number of benzene rings is 1. The molecule has 1 aromatic rings. The summed E-state index contributed by atoms with van der Waals surface area (Å²) in [5.74, 6) is 0.922. The number of piperidine rings is 1. The fourth-order valence-corrected chi connectivity index (χ4v) is 4.59. The molecule has 4 nitrogen and oxygen atoms in total. The molecule has 0 saturated carbocycles. The Balaban J connectivity index is 2.18. The van der Waals surface area contributed by atoms with Gasteiger partial charge < -0.3 is 10.2 Å². The number of hydrogen-bond acceptors (Lipinski definition) is 4. The smallest absolute Gasteiger partial charge is 0.180 e. The van der Waals surface area contributed by atoms with Crippen molar-refractivity contribution in [2.75, 3.05) is 37.3 Å². The first-order chi connectivity index (χ1) is 10.1. The monoisotopic (exact) mass is 310 g/mol. The second kappa shape index (κ2) is 7.27. The van der Waals surface area contributed by atoms with Crippen LogP contribution in [0.1, 0.15) is 26.2 Å². The predicted octanol–water partition coefficient (Wildman–Crippen LogP) is 2.31. The van der Waals surface area contributed by atoms with Crippen molar-refractivity contribution < 1.29 is 8.42 Å². The molecule has 1 aromatic carbocycles. The highest BCUT2D eigenvalue weighted by Gasteiger charge is 2.24. The maximum atomic E-state index is 12.4. The lowest BCUT2D eigenvalue weighted by atomic mass is 9.96. The van der Waals surface area contributed by atoms with Crippen LogP contribution >= 0.6 is 0 Å². The van der Waals surface area contributed by atoms with Crippen molar-refractivity contribution in [1.29, 1.82) is 0 Å². The topological polar surface area (TPSA) is 49.4 Å². The summed E-state index contributed by atoms with van der Waals surface area (Å²) in [6.45, 7) is 4.82. The average molecular weight is 310 g/mol. The van der Waals surface area contributed by atoms with Crippen LogP contribution in [0.5, 0.6) is 0 Å². The Morgan fingerprint density at radius 3 is 2.52 bits per heavy atom. The van der Waals surface area contributed by atoms with E-state index in [0.29, 0.717) is 17.2 Å². The summed E-state index contributed by atoms with van der Waals surface area (Å²) in [5, 5.41) is 3.23. The minimum atomic E-state index is -3.17. The SMILES string of the molecule is CCCS(=O)(=O)c1ccccc1N1CCC(CNC)CC1. The molecule has 118 valence electrons. The van der Waals surface area contributed by atoms with Crippen molar-refractivity contribution in [2.24, 2.45) is 5.92 Å². The van der Waals surface area contributed by atoms with Crippen molar-refractivity contribution in [2.45, 2.75) is 31.1 Å². The number of hydrogen-bond donors (Lipinski definition) is 1. The quantitative estimate of drug-likeness (QED) is 0.876. The molecule has 21 heavy (non-hydrogen) atoms.